The smallest absolute Gasteiger partial charge is 0.267 e. The number of rotatable bonds is 4. The first-order valence-electron chi connectivity index (χ1n) is 7.54. The summed E-state index contributed by atoms with van der Waals surface area (Å²) >= 11 is 7.46. The van der Waals surface area contributed by atoms with Crippen LogP contribution in [-0.4, -0.2) is 30.6 Å². The lowest BCUT2D eigenvalue weighted by Gasteiger charge is -2.04. The summed E-state index contributed by atoms with van der Waals surface area (Å²) in [6.07, 6.45) is 6.08. The Morgan fingerprint density at radius 1 is 1.12 bits per heavy atom. The van der Waals surface area contributed by atoms with Crippen LogP contribution in [0.15, 0.2) is 61.4 Å². The molecule has 0 saturated carbocycles. The third-order valence-electron chi connectivity index (χ3n) is 3.49. The second-order valence-electron chi connectivity index (χ2n) is 5.21. The summed E-state index contributed by atoms with van der Waals surface area (Å²) in [6, 6.07) is 10.9. The van der Waals surface area contributed by atoms with E-state index in [0.717, 1.165) is 5.56 Å². The van der Waals surface area contributed by atoms with Crippen LogP contribution >= 0.6 is 22.9 Å². The number of hydrogen-bond acceptors (Lipinski definition) is 6. The quantitative estimate of drug-likeness (QED) is 0.581. The predicted octanol–water partition coefficient (Wildman–Crippen LogP) is 3.69. The summed E-state index contributed by atoms with van der Waals surface area (Å²) in [5, 5.41) is 8.10. The average molecular weight is 383 g/mol. The van der Waals surface area contributed by atoms with Crippen LogP contribution in [0.25, 0.3) is 16.4 Å². The molecule has 128 valence electrons. The van der Waals surface area contributed by atoms with Crippen LogP contribution in [0.3, 0.4) is 0 Å². The highest BCUT2D eigenvalue weighted by molar-refractivity contribution is 7.17. The Bertz CT molecular complexity index is 1050. The second-order valence-corrected chi connectivity index (χ2v) is 6.65. The van der Waals surface area contributed by atoms with Gasteiger partial charge in [0.25, 0.3) is 5.91 Å². The van der Waals surface area contributed by atoms with Crippen molar-refractivity contribution >= 4 is 34.5 Å². The molecule has 1 N–H and O–H groups in total. The highest BCUT2D eigenvalue weighted by Crippen LogP contribution is 2.31. The zero-order valence-electron chi connectivity index (χ0n) is 13.2. The van der Waals surface area contributed by atoms with Gasteiger partial charge in [0.15, 0.2) is 5.82 Å². The number of nitrogens with one attached hydrogen (secondary N) is 1. The van der Waals surface area contributed by atoms with Crippen LogP contribution < -0.4 is 5.32 Å². The van der Waals surface area contributed by atoms with E-state index in [2.05, 4.69) is 25.4 Å². The topological polar surface area (TPSA) is 85.6 Å². The number of nitrogens with zero attached hydrogens (tertiary/aromatic N) is 5. The van der Waals surface area contributed by atoms with E-state index in [1.54, 1.807) is 30.7 Å². The van der Waals surface area contributed by atoms with Crippen molar-refractivity contribution in [1.29, 1.82) is 0 Å². The molecule has 9 heteroatoms. The Morgan fingerprint density at radius 3 is 2.73 bits per heavy atom. The molecule has 0 aliphatic heterocycles. The lowest BCUT2D eigenvalue weighted by atomic mass is 10.2. The molecule has 0 saturated heterocycles. The van der Waals surface area contributed by atoms with E-state index in [9.17, 15) is 4.79 Å². The average Bonchev–Trinajstić information content (AvgIpc) is 3.35. The third kappa shape index (κ3) is 3.32. The van der Waals surface area contributed by atoms with Gasteiger partial charge in [-0.05, 0) is 18.2 Å². The minimum atomic E-state index is -0.254. The van der Waals surface area contributed by atoms with Crippen molar-refractivity contribution in [2.24, 2.45) is 0 Å². The van der Waals surface area contributed by atoms with E-state index < -0.39 is 0 Å². The van der Waals surface area contributed by atoms with Crippen LogP contribution in [0.1, 0.15) is 9.67 Å². The fourth-order valence-corrected chi connectivity index (χ4v) is 3.39. The number of halogens is 1. The summed E-state index contributed by atoms with van der Waals surface area (Å²) in [6.45, 7) is 0. The summed E-state index contributed by atoms with van der Waals surface area (Å²) < 4.78 is 1.53. The molecule has 1 amide bonds. The van der Waals surface area contributed by atoms with E-state index in [1.165, 1.54) is 28.5 Å². The first-order valence-corrected chi connectivity index (χ1v) is 8.73. The van der Waals surface area contributed by atoms with Crippen molar-refractivity contribution in [3.05, 3.63) is 71.3 Å². The molecule has 0 radical (unpaired) electrons. The van der Waals surface area contributed by atoms with Gasteiger partial charge < -0.3 is 5.32 Å². The van der Waals surface area contributed by atoms with Crippen LogP contribution in [-0.2, 0) is 0 Å². The van der Waals surface area contributed by atoms with Gasteiger partial charge >= 0.3 is 0 Å². The monoisotopic (exact) mass is 382 g/mol. The maximum atomic E-state index is 12.4. The lowest BCUT2D eigenvalue weighted by molar-refractivity contribution is 0.103. The van der Waals surface area contributed by atoms with E-state index in [-0.39, 0.29) is 5.91 Å². The fraction of sp³-hybridized carbons (Fsp3) is 0. The van der Waals surface area contributed by atoms with Crippen LogP contribution in [0.2, 0.25) is 5.02 Å². The molecule has 4 rings (SSSR count). The molecule has 3 heterocycles. The summed E-state index contributed by atoms with van der Waals surface area (Å²) in [5.74, 6) is 0.357. The summed E-state index contributed by atoms with van der Waals surface area (Å²) in [5.41, 5.74) is 1.38. The minimum absolute atomic E-state index is 0.254. The molecule has 7 nitrogen and oxygen atoms in total. The number of hydrogen-bond donors (Lipinski definition) is 1. The lowest BCUT2D eigenvalue weighted by Crippen LogP contribution is -2.10. The molecule has 3 aromatic heterocycles. The second kappa shape index (κ2) is 7.03. The zero-order chi connectivity index (χ0) is 17.9. The van der Waals surface area contributed by atoms with Crippen LogP contribution in [0.5, 0.6) is 0 Å². The number of anilines is 1. The number of aromatic nitrogens is 5. The molecule has 0 bridgehead atoms. The molecule has 0 atom stereocenters. The molecule has 0 aliphatic rings. The van der Waals surface area contributed by atoms with Gasteiger partial charge in [0, 0.05) is 5.56 Å². The minimum Gasteiger partial charge on any atom is -0.320 e. The SMILES string of the molecule is O=C(Nc1ccc(-n2cncn2)nc1)c1cnc(-c2ccccc2Cl)s1. The molecule has 26 heavy (non-hydrogen) atoms. The van der Waals surface area contributed by atoms with Gasteiger partial charge in [0.2, 0.25) is 0 Å². The van der Waals surface area contributed by atoms with Gasteiger partial charge in [-0.25, -0.2) is 19.6 Å². The Morgan fingerprint density at radius 2 is 2.00 bits per heavy atom. The first-order chi connectivity index (χ1) is 12.7. The molecule has 0 fully saturated rings. The molecule has 0 spiro atoms. The summed E-state index contributed by atoms with van der Waals surface area (Å²) in [7, 11) is 0. The number of carbonyl (C=O) groups is 1. The fourth-order valence-electron chi connectivity index (χ4n) is 2.25. The van der Waals surface area contributed by atoms with Crippen molar-refractivity contribution in [1.82, 2.24) is 24.7 Å². The first kappa shape index (κ1) is 16.4. The Labute approximate surface area is 157 Å². The number of amides is 1. The van der Waals surface area contributed by atoms with Crippen LogP contribution in [0, 0.1) is 0 Å². The largest absolute Gasteiger partial charge is 0.320 e. The van der Waals surface area contributed by atoms with E-state index in [4.69, 9.17) is 11.6 Å². The molecule has 0 unspecified atom stereocenters. The van der Waals surface area contributed by atoms with Gasteiger partial charge in [-0.1, -0.05) is 29.8 Å². The number of thiazole rings is 1. The molecular formula is C17H11ClN6OS. The Kier molecular flexibility index (Phi) is 4.42. The number of pyridine rings is 1. The number of benzene rings is 1. The van der Waals surface area contributed by atoms with Crippen LogP contribution in [0.4, 0.5) is 5.69 Å². The van der Waals surface area contributed by atoms with Gasteiger partial charge in [0.1, 0.15) is 22.5 Å². The standard InChI is InChI=1S/C17H11ClN6OS/c18-13-4-2-1-3-12(13)17-21-8-14(26-17)16(25)23-11-5-6-15(20-7-11)24-10-19-9-22-24/h1-10H,(H,23,25). The molecule has 1 aromatic carbocycles. The highest BCUT2D eigenvalue weighted by atomic mass is 35.5. The van der Waals surface area contributed by atoms with E-state index >= 15 is 0 Å². The van der Waals surface area contributed by atoms with Crippen molar-refractivity contribution in [3.63, 3.8) is 0 Å². The predicted molar refractivity (Wildman–Crippen MR) is 99.7 cm³/mol. The molecule has 0 aliphatic carbocycles. The van der Waals surface area contributed by atoms with Crippen molar-refractivity contribution in [2.75, 3.05) is 5.32 Å². The van der Waals surface area contributed by atoms with E-state index in [1.807, 2.05) is 18.2 Å². The van der Waals surface area contributed by atoms with Gasteiger partial charge in [0.05, 0.1) is 23.1 Å². The number of carbonyl (C=O) groups excluding carboxylic acids is 1. The molecular weight excluding hydrogens is 372 g/mol. The maximum absolute atomic E-state index is 12.4. The van der Waals surface area contributed by atoms with Crippen molar-refractivity contribution in [2.45, 2.75) is 0 Å². The maximum Gasteiger partial charge on any atom is 0.267 e. The normalized spacial score (nSPS) is 10.7. The van der Waals surface area contributed by atoms with E-state index in [0.29, 0.717) is 26.4 Å². The Hall–Kier alpha value is -3.10. The molecule has 4 aromatic rings. The Balaban J connectivity index is 1.49. The van der Waals surface area contributed by atoms with Gasteiger partial charge in [-0.3, -0.25) is 4.79 Å². The third-order valence-corrected chi connectivity index (χ3v) is 4.85. The zero-order valence-corrected chi connectivity index (χ0v) is 14.8. The summed E-state index contributed by atoms with van der Waals surface area (Å²) in [4.78, 5) is 25.3. The van der Waals surface area contributed by atoms with Gasteiger partial charge in [-0.15, -0.1) is 11.3 Å². The van der Waals surface area contributed by atoms with Gasteiger partial charge in [-0.2, -0.15) is 5.10 Å². The highest BCUT2D eigenvalue weighted by Gasteiger charge is 2.14. The van der Waals surface area contributed by atoms with Crippen molar-refractivity contribution < 1.29 is 4.79 Å². The van der Waals surface area contributed by atoms with Crippen molar-refractivity contribution in [3.8, 4) is 16.4 Å².